The van der Waals surface area contributed by atoms with Gasteiger partial charge in [-0.15, -0.1) is 0 Å². The van der Waals surface area contributed by atoms with Crippen molar-refractivity contribution < 1.29 is 14.6 Å². The second kappa shape index (κ2) is 7.10. The number of carbonyl (C=O) groups is 1. The van der Waals surface area contributed by atoms with Crippen LogP contribution in [0, 0.1) is 5.92 Å². The van der Waals surface area contributed by atoms with Crippen molar-refractivity contribution in [1.29, 1.82) is 0 Å². The van der Waals surface area contributed by atoms with E-state index in [1.165, 1.54) is 0 Å². The molecule has 0 bridgehead atoms. The molecule has 0 rings (SSSR count). The van der Waals surface area contributed by atoms with Gasteiger partial charge in [-0.3, -0.25) is 4.79 Å². The minimum Gasteiger partial charge on any atom is -0.438 e. The molecule has 0 fully saturated rings. The molecule has 3 heteroatoms. The number of ether oxygens (including phenoxy) is 1. The summed E-state index contributed by atoms with van der Waals surface area (Å²) in [6.07, 6.45) is 3.66. The van der Waals surface area contributed by atoms with Crippen molar-refractivity contribution in [3.05, 3.63) is 0 Å². The van der Waals surface area contributed by atoms with Crippen LogP contribution < -0.4 is 0 Å². The number of rotatable bonds is 6. The van der Waals surface area contributed by atoms with Gasteiger partial charge in [0.25, 0.3) is 0 Å². The first-order valence-corrected chi connectivity index (χ1v) is 4.53. The van der Waals surface area contributed by atoms with E-state index in [1.54, 1.807) is 0 Å². The number of esters is 1. The van der Waals surface area contributed by atoms with E-state index < -0.39 is 6.79 Å². The molecule has 0 aliphatic carbocycles. The fourth-order valence-corrected chi connectivity index (χ4v) is 1.26. The van der Waals surface area contributed by atoms with Gasteiger partial charge in [0, 0.05) is 0 Å². The first-order valence-electron chi connectivity index (χ1n) is 4.53. The molecule has 0 spiro atoms. The average molecular weight is 174 g/mol. The largest absolute Gasteiger partial charge is 0.438 e. The smallest absolute Gasteiger partial charge is 0.311 e. The number of carbonyl (C=O) groups excluding carboxylic acids is 1. The SMILES string of the molecule is CCCC(CCC)C(=O)OCO. The summed E-state index contributed by atoms with van der Waals surface area (Å²) in [6, 6.07) is 0. The van der Waals surface area contributed by atoms with Crippen molar-refractivity contribution in [1.82, 2.24) is 0 Å². The van der Waals surface area contributed by atoms with E-state index in [9.17, 15) is 4.79 Å². The first-order chi connectivity index (χ1) is 5.76. The lowest BCUT2D eigenvalue weighted by Gasteiger charge is -2.12. The van der Waals surface area contributed by atoms with Crippen molar-refractivity contribution in [2.45, 2.75) is 39.5 Å². The van der Waals surface area contributed by atoms with Crippen LogP contribution in [0.1, 0.15) is 39.5 Å². The van der Waals surface area contributed by atoms with Crippen molar-refractivity contribution in [3.8, 4) is 0 Å². The maximum atomic E-state index is 11.1. The van der Waals surface area contributed by atoms with E-state index in [2.05, 4.69) is 4.74 Å². The van der Waals surface area contributed by atoms with Gasteiger partial charge in [0.1, 0.15) is 0 Å². The molecule has 1 N–H and O–H groups in total. The van der Waals surface area contributed by atoms with Crippen LogP contribution in [0.5, 0.6) is 0 Å². The number of hydrogen-bond donors (Lipinski definition) is 1. The number of hydrogen-bond acceptors (Lipinski definition) is 3. The fraction of sp³-hybridized carbons (Fsp3) is 0.889. The lowest BCUT2D eigenvalue weighted by atomic mass is 9.99. The molecule has 0 aliphatic rings. The topological polar surface area (TPSA) is 46.5 Å². The Morgan fingerprint density at radius 3 is 2.17 bits per heavy atom. The predicted molar refractivity (Wildman–Crippen MR) is 46.5 cm³/mol. The Kier molecular flexibility index (Phi) is 6.76. The van der Waals surface area contributed by atoms with Gasteiger partial charge >= 0.3 is 5.97 Å². The lowest BCUT2D eigenvalue weighted by Crippen LogP contribution is -2.18. The summed E-state index contributed by atoms with van der Waals surface area (Å²) in [5.74, 6) is -0.284. The van der Waals surface area contributed by atoms with Crippen LogP contribution in [0.15, 0.2) is 0 Å². The highest BCUT2D eigenvalue weighted by Gasteiger charge is 2.17. The zero-order chi connectivity index (χ0) is 9.40. The molecule has 0 aliphatic heterocycles. The third kappa shape index (κ3) is 4.34. The quantitative estimate of drug-likeness (QED) is 0.492. The van der Waals surface area contributed by atoms with E-state index >= 15 is 0 Å². The van der Waals surface area contributed by atoms with Crippen LogP contribution in [0.2, 0.25) is 0 Å². The van der Waals surface area contributed by atoms with Gasteiger partial charge in [0.15, 0.2) is 6.79 Å². The summed E-state index contributed by atoms with van der Waals surface area (Å²) in [5.41, 5.74) is 0. The highest BCUT2D eigenvalue weighted by Crippen LogP contribution is 2.14. The lowest BCUT2D eigenvalue weighted by molar-refractivity contribution is -0.157. The van der Waals surface area contributed by atoms with Crippen LogP contribution in [0.3, 0.4) is 0 Å². The molecule has 0 amide bonds. The summed E-state index contributed by atoms with van der Waals surface area (Å²) in [6.45, 7) is 3.58. The molecule has 12 heavy (non-hydrogen) atoms. The van der Waals surface area contributed by atoms with E-state index in [1.807, 2.05) is 13.8 Å². The molecule has 0 atom stereocenters. The van der Waals surface area contributed by atoms with Crippen molar-refractivity contribution in [2.24, 2.45) is 5.92 Å². The molecule has 0 saturated carbocycles. The monoisotopic (exact) mass is 174 g/mol. The van der Waals surface area contributed by atoms with E-state index in [0.717, 1.165) is 25.7 Å². The van der Waals surface area contributed by atoms with Crippen LogP contribution in [0.25, 0.3) is 0 Å². The Morgan fingerprint density at radius 2 is 1.83 bits per heavy atom. The molecule has 72 valence electrons. The maximum Gasteiger partial charge on any atom is 0.311 e. The Balaban J connectivity index is 3.81. The van der Waals surface area contributed by atoms with Crippen LogP contribution in [-0.2, 0) is 9.53 Å². The molecule has 3 nitrogen and oxygen atoms in total. The molecule has 0 aromatic heterocycles. The zero-order valence-corrected chi connectivity index (χ0v) is 7.88. The van der Waals surface area contributed by atoms with E-state index in [4.69, 9.17) is 5.11 Å². The number of aliphatic hydroxyl groups is 1. The average Bonchev–Trinajstić information content (AvgIpc) is 2.04. The van der Waals surface area contributed by atoms with Gasteiger partial charge in [-0.05, 0) is 12.8 Å². The Labute approximate surface area is 73.7 Å². The summed E-state index contributed by atoms with van der Waals surface area (Å²) in [5, 5.41) is 8.38. The molecule has 0 aromatic rings. The Hall–Kier alpha value is -0.570. The zero-order valence-electron chi connectivity index (χ0n) is 7.88. The normalized spacial score (nSPS) is 10.3. The summed E-state index contributed by atoms with van der Waals surface area (Å²) >= 11 is 0. The molecular weight excluding hydrogens is 156 g/mol. The third-order valence-corrected chi connectivity index (χ3v) is 1.81. The fourth-order valence-electron chi connectivity index (χ4n) is 1.26. The highest BCUT2D eigenvalue weighted by atomic mass is 16.6. The standard InChI is InChI=1S/C9H18O3/c1-3-5-8(6-4-2)9(11)12-7-10/h8,10H,3-7H2,1-2H3. The van der Waals surface area contributed by atoms with E-state index in [0.29, 0.717) is 0 Å². The molecule has 0 saturated heterocycles. The molecular formula is C9H18O3. The molecule has 0 radical (unpaired) electrons. The van der Waals surface area contributed by atoms with Crippen molar-refractivity contribution in [3.63, 3.8) is 0 Å². The van der Waals surface area contributed by atoms with Gasteiger partial charge < -0.3 is 9.84 Å². The minimum absolute atomic E-state index is 0.0212. The summed E-state index contributed by atoms with van der Waals surface area (Å²) < 4.78 is 4.53. The summed E-state index contributed by atoms with van der Waals surface area (Å²) in [4.78, 5) is 11.1. The van der Waals surface area contributed by atoms with Gasteiger partial charge in [-0.25, -0.2) is 0 Å². The van der Waals surface area contributed by atoms with Crippen LogP contribution in [-0.4, -0.2) is 17.9 Å². The van der Waals surface area contributed by atoms with Crippen molar-refractivity contribution in [2.75, 3.05) is 6.79 Å². The van der Waals surface area contributed by atoms with Gasteiger partial charge in [0.2, 0.25) is 0 Å². The first kappa shape index (κ1) is 11.4. The molecule has 0 unspecified atom stereocenters. The van der Waals surface area contributed by atoms with Crippen LogP contribution in [0.4, 0.5) is 0 Å². The minimum atomic E-state index is -0.497. The van der Waals surface area contributed by atoms with Gasteiger partial charge in [-0.2, -0.15) is 0 Å². The second-order valence-electron chi connectivity index (χ2n) is 2.87. The molecule has 0 aromatic carbocycles. The van der Waals surface area contributed by atoms with Crippen molar-refractivity contribution >= 4 is 5.97 Å². The van der Waals surface area contributed by atoms with Crippen LogP contribution >= 0.6 is 0 Å². The maximum absolute atomic E-state index is 11.1. The second-order valence-corrected chi connectivity index (χ2v) is 2.87. The Morgan fingerprint density at radius 1 is 1.33 bits per heavy atom. The Bertz CT molecular complexity index is 117. The van der Waals surface area contributed by atoms with E-state index in [-0.39, 0.29) is 11.9 Å². The van der Waals surface area contributed by atoms with Gasteiger partial charge in [0.05, 0.1) is 5.92 Å². The van der Waals surface area contributed by atoms with Gasteiger partial charge in [-0.1, -0.05) is 26.7 Å². The number of aliphatic hydroxyl groups excluding tert-OH is 1. The molecule has 0 heterocycles. The highest BCUT2D eigenvalue weighted by molar-refractivity contribution is 5.72. The predicted octanol–water partition coefficient (Wildman–Crippen LogP) is 1.70. The third-order valence-electron chi connectivity index (χ3n) is 1.81. The summed E-state index contributed by atoms with van der Waals surface area (Å²) in [7, 11) is 0.